The Balaban J connectivity index is 2.32. The zero-order valence-corrected chi connectivity index (χ0v) is 9.64. The minimum atomic E-state index is -0.166. The van der Waals surface area contributed by atoms with Crippen LogP contribution in [-0.2, 0) is 0 Å². The summed E-state index contributed by atoms with van der Waals surface area (Å²) < 4.78 is 0. The lowest BCUT2D eigenvalue weighted by molar-refractivity contribution is -0.162. The van der Waals surface area contributed by atoms with Gasteiger partial charge in [-0.2, -0.15) is 5.06 Å². The van der Waals surface area contributed by atoms with Crippen molar-refractivity contribution in [2.45, 2.75) is 44.7 Å². The first kappa shape index (κ1) is 10.7. The Labute approximate surface area is 91.5 Å². The molecule has 2 nitrogen and oxygen atoms in total. The monoisotopic (exact) mass is 205 g/mol. The maximum atomic E-state index is 9.99. The van der Waals surface area contributed by atoms with Gasteiger partial charge in [-0.1, -0.05) is 30.3 Å². The van der Waals surface area contributed by atoms with Crippen molar-refractivity contribution in [1.29, 1.82) is 0 Å². The topological polar surface area (TPSA) is 23.5 Å². The summed E-state index contributed by atoms with van der Waals surface area (Å²) in [5, 5.41) is 11.5. The highest BCUT2D eigenvalue weighted by Crippen LogP contribution is 2.43. The highest BCUT2D eigenvalue weighted by Gasteiger charge is 2.45. The Morgan fingerprint density at radius 3 is 2.33 bits per heavy atom. The summed E-state index contributed by atoms with van der Waals surface area (Å²) in [7, 11) is 0. The Morgan fingerprint density at radius 2 is 1.87 bits per heavy atom. The summed E-state index contributed by atoms with van der Waals surface area (Å²) in [6.45, 7) is 6.28. The molecule has 1 N–H and O–H groups in total. The number of rotatable bonds is 1. The molecule has 0 amide bonds. The van der Waals surface area contributed by atoms with E-state index in [2.05, 4.69) is 45.0 Å². The van der Waals surface area contributed by atoms with Crippen LogP contribution in [0, 0.1) is 0 Å². The number of nitrogens with zero attached hydrogens (tertiary/aromatic N) is 1. The summed E-state index contributed by atoms with van der Waals surface area (Å²) >= 11 is 0. The van der Waals surface area contributed by atoms with Gasteiger partial charge < -0.3 is 5.21 Å². The van der Waals surface area contributed by atoms with Gasteiger partial charge in [-0.25, -0.2) is 0 Å². The van der Waals surface area contributed by atoms with Gasteiger partial charge in [0.15, 0.2) is 0 Å². The predicted octanol–water partition coefficient (Wildman–Crippen LogP) is 3.03. The fourth-order valence-corrected chi connectivity index (χ4v) is 2.69. The molecule has 82 valence electrons. The molecule has 1 aromatic carbocycles. The van der Waals surface area contributed by atoms with E-state index < -0.39 is 0 Å². The lowest BCUT2D eigenvalue weighted by Crippen LogP contribution is -2.41. The molecule has 2 atom stereocenters. The van der Waals surface area contributed by atoms with Crippen LogP contribution in [0.3, 0.4) is 0 Å². The maximum Gasteiger partial charge on any atom is 0.0476 e. The molecule has 0 aliphatic carbocycles. The van der Waals surface area contributed by atoms with Crippen LogP contribution in [0.4, 0.5) is 0 Å². The second-order valence-electron chi connectivity index (χ2n) is 5.05. The van der Waals surface area contributed by atoms with Crippen LogP contribution in [0.5, 0.6) is 0 Å². The van der Waals surface area contributed by atoms with E-state index in [9.17, 15) is 5.21 Å². The standard InChI is InChI=1S/C13H19NO/c1-10-9-12(13(2,3)14(10)15)11-7-5-4-6-8-11/h4-8,10,12,15H,9H2,1-3H3. The minimum Gasteiger partial charge on any atom is -0.313 e. The van der Waals surface area contributed by atoms with Crippen molar-refractivity contribution < 1.29 is 5.21 Å². The van der Waals surface area contributed by atoms with E-state index in [-0.39, 0.29) is 11.6 Å². The third-order valence-corrected chi connectivity index (χ3v) is 3.64. The average molecular weight is 205 g/mol. The van der Waals surface area contributed by atoms with E-state index in [4.69, 9.17) is 0 Å². The van der Waals surface area contributed by atoms with Crippen molar-refractivity contribution in [2.24, 2.45) is 0 Å². The molecule has 1 aliphatic heterocycles. The molecule has 2 rings (SSSR count). The Hall–Kier alpha value is -0.860. The van der Waals surface area contributed by atoms with Gasteiger partial charge in [-0.3, -0.25) is 0 Å². The first-order valence-corrected chi connectivity index (χ1v) is 5.56. The molecule has 1 fully saturated rings. The Kier molecular flexibility index (Phi) is 2.57. The lowest BCUT2D eigenvalue weighted by atomic mass is 9.83. The first-order chi connectivity index (χ1) is 7.03. The van der Waals surface area contributed by atoms with Crippen molar-refractivity contribution in [3.63, 3.8) is 0 Å². The molecule has 0 spiro atoms. The van der Waals surface area contributed by atoms with Gasteiger partial charge in [-0.15, -0.1) is 0 Å². The second-order valence-corrected chi connectivity index (χ2v) is 5.05. The molecule has 15 heavy (non-hydrogen) atoms. The van der Waals surface area contributed by atoms with E-state index in [0.29, 0.717) is 5.92 Å². The Morgan fingerprint density at radius 1 is 1.27 bits per heavy atom. The number of hydrogen-bond acceptors (Lipinski definition) is 2. The van der Waals surface area contributed by atoms with Gasteiger partial charge in [0.1, 0.15) is 0 Å². The fourth-order valence-electron chi connectivity index (χ4n) is 2.69. The fraction of sp³-hybridized carbons (Fsp3) is 0.538. The van der Waals surface area contributed by atoms with Crippen molar-refractivity contribution in [3.8, 4) is 0 Å². The Bertz CT molecular complexity index is 334. The highest BCUT2D eigenvalue weighted by atomic mass is 16.5. The van der Waals surface area contributed by atoms with Gasteiger partial charge in [0, 0.05) is 17.5 Å². The van der Waals surface area contributed by atoms with Gasteiger partial charge >= 0.3 is 0 Å². The average Bonchev–Trinajstić information content (AvgIpc) is 2.43. The van der Waals surface area contributed by atoms with Crippen LogP contribution in [-0.4, -0.2) is 21.9 Å². The summed E-state index contributed by atoms with van der Waals surface area (Å²) in [4.78, 5) is 0. The summed E-state index contributed by atoms with van der Waals surface area (Å²) in [6, 6.07) is 10.7. The third kappa shape index (κ3) is 1.68. The molecule has 1 saturated heterocycles. The molecule has 1 aromatic rings. The zero-order chi connectivity index (χ0) is 11.1. The van der Waals surface area contributed by atoms with Crippen molar-refractivity contribution >= 4 is 0 Å². The molecular weight excluding hydrogens is 186 g/mol. The van der Waals surface area contributed by atoms with Crippen molar-refractivity contribution in [3.05, 3.63) is 35.9 Å². The molecule has 1 aliphatic rings. The van der Waals surface area contributed by atoms with Crippen LogP contribution in [0.2, 0.25) is 0 Å². The summed E-state index contributed by atoms with van der Waals surface area (Å²) in [5.74, 6) is 0.415. The normalized spacial score (nSPS) is 30.7. The van der Waals surface area contributed by atoms with E-state index >= 15 is 0 Å². The third-order valence-electron chi connectivity index (χ3n) is 3.64. The van der Waals surface area contributed by atoms with E-state index in [1.54, 1.807) is 0 Å². The predicted molar refractivity (Wildman–Crippen MR) is 61.0 cm³/mol. The largest absolute Gasteiger partial charge is 0.313 e. The maximum absolute atomic E-state index is 9.99. The quantitative estimate of drug-likeness (QED) is 0.761. The number of benzene rings is 1. The van der Waals surface area contributed by atoms with Crippen LogP contribution < -0.4 is 0 Å². The number of hydroxylamine groups is 2. The molecule has 0 aromatic heterocycles. The smallest absolute Gasteiger partial charge is 0.0476 e. The van der Waals surface area contributed by atoms with Gasteiger partial charge in [0.05, 0.1) is 0 Å². The molecule has 0 radical (unpaired) electrons. The van der Waals surface area contributed by atoms with E-state index in [1.165, 1.54) is 10.6 Å². The summed E-state index contributed by atoms with van der Waals surface area (Å²) in [5.41, 5.74) is 1.16. The minimum absolute atomic E-state index is 0.166. The van der Waals surface area contributed by atoms with Gasteiger partial charge in [0.25, 0.3) is 0 Å². The second kappa shape index (κ2) is 3.62. The van der Waals surface area contributed by atoms with Crippen LogP contribution >= 0.6 is 0 Å². The van der Waals surface area contributed by atoms with Crippen LogP contribution in [0.25, 0.3) is 0 Å². The van der Waals surface area contributed by atoms with E-state index in [0.717, 1.165) is 6.42 Å². The van der Waals surface area contributed by atoms with Crippen molar-refractivity contribution in [2.75, 3.05) is 0 Å². The van der Waals surface area contributed by atoms with E-state index in [1.807, 2.05) is 6.07 Å². The molecule has 0 saturated carbocycles. The molecule has 2 unspecified atom stereocenters. The van der Waals surface area contributed by atoms with Crippen LogP contribution in [0.15, 0.2) is 30.3 Å². The van der Waals surface area contributed by atoms with Crippen molar-refractivity contribution in [1.82, 2.24) is 5.06 Å². The lowest BCUT2D eigenvalue weighted by Gasteiger charge is -2.32. The zero-order valence-electron chi connectivity index (χ0n) is 9.64. The van der Waals surface area contributed by atoms with Crippen LogP contribution in [0.1, 0.15) is 38.7 Å². The molecule has 2 heteroatoms. The molecule has 0 bridgehead atoms. The van der Waals surface area contributed by atoms with Gasteiger partial charge in [0.2, 0.25) is 0 Å². The molecular formula is C13H19NO. The SMILES string of the molecule is CC1CC(c2ccccc2)C(C)(C)N1O. The summed E-state index contributed by atoms with van der Waals surface area (Å²) in [6.07, 6.45) is 1.02. The molecule has 1 heterocycles. The number of hydrogen-bond donors (Lipinski definition) is 1. The first-order valence-electron chi connectivity index (χ1n) is 5.56. The highest BCUT2D eigenvalue weighted by molar-refractivity contribution is 5.25. The van der Waals surface area contributed by atoms with Gasteiger partial charge in [-0.05, 0) is 32.8 Å².